The van der Waals surface area contributed by atoms with Crippen molar-refractivity contribution < 1.29 is 9.47 Å². The number of ether oxygens (including phenoxy) is 2. The number of nitrogens with one attached hydrogen (secondary N) is 1. The summed E-state index contributed by atoms with van der Waals surface area (Å²) >= 11 is 0. The highest BCUT2D eigenvalue weighted by molar-refractivity contribution is 5.46. The molecule has 1 aliphatic rings. The van der Waals surface area contributed by atoms with E-state index in [1.807, 2.05) is 36.3 Å². The number of aromatic nitrogens is 2. The van der Waals surface area contributed by atoms with E-state index < -0.39 is 0 Å². The smallest absolute Gasteiger partial charge is 0.231 e. The van der Waals surface area contributed by atoms with E-state index in [4.69, 9.17) is 9.47 Å². The molecule has 2 aromatic rings. The molecule has 106 valence electrons. The molecule has 1 aromatic heterocycles. The average molecular weight is 273 g/mol. The Balaban J connectivity index is 1.76. The van der Waals surface area contributed by atoms with Gasteiger partial charge in [-0.1, -0.05) is 6.07 Å². The Kier molecular flexibility index (Phi) is 3.14. The predicted molar refractivity (Wildman–Crippen MR) is 75.6 cm³/mol. The largest absolute Gasteiger partial charge is 0.454 e. The minimum atomic E-state index is -0.161. The summed E-state index contributed by atoms with van der Waals surface area (Å²) < 4.78 is 12.8. The molecule has 0 radical (unpaired) electrons. The van der Waals surface area contributed by atoms with Crippen LogP contribution in [0.2, 0.25) is 0 Å². The Hall–Kier alpha value is -2.01. The zero-order valence-corrected chi connectivity index (χ0v) is 12.0. The maximum absolute atomic E-state index is 5.44. The van der Waals surface area contributed by atoms with Crippen LogP contribution < -0.4 is 14.8 Å². The van der Waals surface area contributed by atoms with Crippen molar-refractivity contribution >= 4 is 0 Å². The summed E-state index contributed by atoms with van der Waals surface area (Å²) in [5, 5.41) is 3.55. The number of fused-ring (bicyclic) bond motifs is 1. The third kappa shape index (κ3) is 2.36. The number of aryl methyl sites for hydroxylation is 1. The molecule has 0 aliphatic carbocycles. The second-order valence-electron chi connectivity index (χ2n) is 5.54. The lowest BCUT2D eigenvalue weighted by atomic mass is 9.94. The number of rotatable bonds is 4. The molecular weight excluding hydrogens is 254 g/mol. The summed E-state index contributed by atoms with van der Waals surface area (Å²) in [6.45, 7) is 5.38. The van der Waals surface area contributed by atoms with Crippen molar-refractivity contribution in [2.45, 2.75) is 25.9 Å². The van der Waals surface area contributed by atoms with Crippen molar-refractivity contribution in [1.82, 2.24) is 14.9 Å². The van der Waals surface area contributed by atoms with Crippen molar-refractivity contribution in [3.8, 4) is 11.5 Å². The van der Waals surface area contributed by atoms with Crippen molar-refractivity contribution in [3.63, 3.8) is 0 Å². The monoisotopic (exact) mass is 273 g/mol. The van der Waals surface area contributed by atoms with Gasteiger partial charge in [0.15, 0.2) is 11.5 Å². The Morgan fingerprint density at radius 2 is 2.10 bits per heavy atom. The molecule has 5 nitrogen and oxygen atoms in total. The first kappa shape index (κ1) is 13.0. The first-order valence-corrected chi connectivity index (χ1v) is 6.66. The van der Waals surface area contributed by atoms with Gasteiger partial charge in [0.25, 0.3) is 0 Å². The summed E-state index contributed by atoms with van der Waals surface area (Å²) in [6, 6.07) is 6.08. The van der Waals surface area contributed by atoms with E-state index in [-0.39, 0.29) is 5.54 Å². The van der Waals surface area contributed by atoms with Crippen molar-refractivity contribution in [2.24, 2.45) is 7.05 Å². The minimum Gasteiger partial charge on any atom is -0.454 e. The maximum atomic E-state index is 5.44. The zero-order valence-electron chi connectivity index (χ0n) is 12.0. The molecule has 2 heterocycles. The lowest BCUT2D eigenvalue weighted by molar-refractivity contribution is 0.174. The molecule has 5 heteroatoms. The van der Waals surface area contributed by atoms with E-state index in [1.54, 1.807) is 0 Å². The molecule has 0 saturated carbocycles. The van der Waals surface area contributed by atoms with Gasteiger partial charge in [0.05, 0.1) is 12.0 Å². The van der Waals surface area contributed by atoms with E-state index in [2.05, 4.69) is 30.2 Å². The van der Waals surface area contributed by atoms with E-state index in [9.17, 15) is 0 Å². The van der Waals surface area contributed by atoms with Gasteiger partial charge in [0.2, 0.25) is 6.79 Å². The van der Waals surface area contributed by atoms with Gasteiger partial charge in [-0.3, -0.25) is 0 Å². The summed E-state index contributed by atoms with van der Waals surface area (Å²) in [6.07, 6.45) is 3.69. The normalized spacial score (nSPS) is 13.8. The van der Waals surface area contributed by atoms with Crippen LogP contribution in [-0.2, 0) is 19.1 Å². The highest BCUT2D eigenvalue weighted by atomic mass is 16.7. The fourth-order valence-electron chi connectivity index (χ4n) is 2.25. The molecule has 0 unspecified atom stereocenters. The lowest BCUT2D eigenvalue weighted by Crippen LogP contribution is -2.36. The average Bonchev–Trinajstić information content (AvgIpc) is 3.04. The van der Waals surface area contributed by atoms with Gasteiger partial charge in [-0.25, -0.2) is 4.98 Å². The molecule has 0 fully saturated rings. The zero-order chi connectivity index (χ0) is 14.2. The van der Waals surface area contributed by atoms with Crippen LogP contribution in [0.1, 0.15) is 25.1 Å². The Bertz CT molecular complexity index is 619. The summed E-state index contributed by atoms with van der Waals surface area (Å²) in [5.41, 5.74) is 2.16. The van der Waals surface area contributed by atoms with Crippen LogP contribution >= 0.6 is 0 Å². The van der Waals surface area contributed by atoms with Gasteiger partial charge in [0, 0.05) is 25.3 Å². The van der Waals surface area contributed by atoms with Crippen LogP contribution in [0, 0.1) is 0 Å². The van der Waals surface area contributed by atoms with Crippen molar-refractivity contribution in [3.05, 3.63) is 42.0 Å². The molecule has 0 atom stereocenters. The van der Waals surface area contributed by atoms with Gasteiger partial charge in [0.1, 0.15) is 0 Å². The molecule has 0 saturated heterocycles. The van der Waals surface area contributed by atoms with Gasteiger partial charge >= 0.3 is 0 Å². The Morgan fingerprint density at radius 3 is 2.85 bits per heavy atom. The standard InChI is InChI=1S/C15H19N3O2/c1-15(2,17-8-12-7-16-9-18(12)3)11-4-5-13-14(6-11)20-10-19-13/h4-7,9,17H,8,10H2,1-3H3. The number of imidazole rings is 1. The summed E-state index contributed by atoms with van der Waals surface area (Å²) in [7, 11) is 2.00. The molecule has 0 amide bonds. The molecule has 0 bridgehead atoms. The highest BCUT2D eigenvalue weighted by Crippen LogP contribution is 2.35. The quantitative estimate of drug-likeness (QED) is 0.927. The van der Waals surface area contributed by atoms with E-state index in [0.717, 1.165) is 23.7 Å². The second kappa shape index (κ2) is 4.83. The lowest BCUT2D eigenvalue weighted by Gasteiger charge is -2.27. The summed E-state index contributed by atoms with van der Waals surface area (Å²) in [5.74, 6) is 1.63. The number of nitrogens with zero attached hydrogens (tertiary/aromatic N) is 2. The van der Waals surface area contributed by atoms with Gasteiger partial charge in [-0.15, -0.1) is 0 Å². The fourth-order valence-corrected chi connectivity index (χ4v) is 2.25. The topological polar surface area (TPSA) is 48.3 Å². The van der Waals surface area contributed by atoms with Gasteiger partial charge < -0.3 is 19.4 Å². The maximum Gasteiger partial charge on any atom is 0.231 e. The third-order valence-electron chi connectivity index (χ3n) is 3.72. The Labute approximate surface area is 118 Å². The molecule has 1 aromatic carbocycles. The van der Waals surface area contributed by atoms with Crippen LogP contribution in [0.15, 0.2) is 30.7 Å². The van der Waals surface area contributed by atoms with Gasteiger partial charge in [-0.2, -0.15) is 0 Å². The van der Waals surface area contributed by atoms with Crippen LogP contribution in [0.25, 0.3) is 0 Å². The third-order valence-corrected chi connectivity index (χ3v) is 3.72. The number of benzene rings is 1. The van der Waals surface area contributed by atoms with Crippen LogP contribution in [-0.4, -0.2) is 16.3 Å². The van der Waals surface area contributed by atoms with E-state index in [1.165, 1.54) is 5.56 Å². The Morgan fingerprint density at radius 1 is 1.30 bits per heavy atom. The van der Waals surface area contributed by atoms with Crippen LogP contribution in [0.3, 0.4) is 0 Å². The molecule has 0 spiro atoms. The molecule has 1 aliphatic heterocycles. The molecule has 1 N–H and O–H groups in total. The van der Waals surface area contributed by atoms with E-state index >= 15 is 0 Å². The first-order chi connectivity index (χ1) is 9.56. The predicted octanol–water partition coefficient (Wildman–Crippen LogP) is 2.17. The number of hydrogen-bond acceptors (Lipinski definition) is 4. The van der Waals surface area contributed by atoms with Crippen LogP contribution in [0.4, 0.5) is 0 Å². The second-order valence-corrected chi connectivity index (χ2v) is 5.54. The van der Waals surface area contributed by atoms with Crippen molar-refractivity contribution in [1.29, 1.82) is 0 Å². The summed E-state index contributed by atoms with van der Waals surface area (Å²) in [4.78, 5) is 4.13. The molecule has 3 rings (SSSR count). The SMILES string of the molecule is Cn1cncc1CNC(C)(C)c1ccc2c(c1)OCO2. The molecular formula is C15H19N3O2. The fraction of sp³-hybridized carbons (Fsp3) is 0.400. The van der Waals surface area contributed by atoms with Crippen molar-refractivity contribution in [2.75, 3.05) is 6.79 Å². The first-order valence-electron chi connectivity index (χ1n) is 6.66. The van der Waals surface area contributed by atoms with E-state index in [0.29, 0.717) is 6.79 Å². The number of hydrogen-bond donors (Lipinski definition) is 1. The van der Waals surface area contributed by atoms with Crippen LogP contribution in [0.5, 0.6) is 11.5 Å². The molecule has 20 heavy (non-hydrogen) atoms. The van der Waals surface area contributed by atoms with Gasteiger partial charge in [-0.05, 0) is 31.5 Å². The minimum absolute atomic E-state index is 0.161. The highest BCUT2D eigenvalue weighted by Gasteiger charge is 2.23.